The third kappa shape index (κ3) is 5.18. The number of hydrogen-bond acceptors (Lipinski definition) is 6. The third-order valence-corrected chi connectivity index (χ3v) is 7.21. The minimum atomic E-state index is -3.73. The quantitative estimate of drug-likeness (QED) is 0.507. The second-order valence-corrected chi connectivity index (χ2v) is 8.77. The average molecular weight is 399 g/mol. The summed E-state index contributed by atoms with van der Waals surface area (Å²) in [7, 11) is -3.73. The van der Waals surface area contributed by atoms with Crippen LogP contribution in [0.4, 0.5) is 11.4 Å². The minimum Gasteiger partial charge on any atom is -0.378 e. The first-order valence-corrected chi connectivity index (χ1v) is 11.0. The van der Waals surface area contributed by atoms with Crippen LogP contribution in [0.2, 0.25) is 0 Å². The Morgan fingerprint density at radius 2 is 2.00 bits per heavy atom. The SMILES string of the molecule is CCN(CC)S(=O)(=O)c1ccc(NCCN2CCCC[C@@H]2C)c([N+](=O)[O-])c1. The number of benzene rings is 1. The highest BCUT2D eigenvalue weighted by Crippen LogP contribution is 2.29. The summed E-state index contributed by atoms with van der Waals surface area (Å²) in [6.45, 7) is 8.76. The number of nitrogens with zero attached hydrogens (tertiary/aromatic N) is 3. The molecule has 0 aliphatic carbocycles. The van der Waals surface area contributed by atoms with E-state index in [1.807, 2.05) is 0 Å². The van der Waals surface area contributed by atoms with Crippen molar-refractivity contribution in [2.45, 2.75) is 51.0 Å². The summed E-state index contributed by atoms with van der Waals surface area (Å²) < 4.78 is 26.5. The predicted molar refractivity (Wildman–Crippen MR) is 107 cm³/mol. The van der Waals surface area contributed by atoms with Crippen molar-refractivity contribution in [3.05, 3.63) is 28.3 Å². The molecular weight excluding hydrogens is 368 g/mol. The van der Waals surface area contributed by atoms with Gasteiger partial charge in [0.15, 0.2) is 0 Å². The molecule has 8 nitrogen and oxygen atoms in total. The van der Waals surface area contributed by atoms with Crippen LogP contribution in [0.5, 0.6) is 0 Å². The van der Waals surface area contributed by atoms with Gasteiger partial charge >= 0.3 is 0 Å². The zero-order valence-corrected chi connectivity index (χ0v) is 17.2. The summed E-state index contributed by atoms with van der Waals surface area (Å²) in [5.74, 6) is 0. The standard InChI is InChI=1S/C18H30N4O4S/c1-4-21(5-2)27(25,26)16-9-10-17(18(14-16)22(23)24)19-11-13-20-12-7-6-8-15(20)3/h9-10,14-15,19H,4-8,11-13H2,1-3H3/t15-/m0/s1. The Labute approximate surface area is 161 Å². The third-order valence-electron chi connectivity index (χ3n) is 5.16. The number of anilines is 1. The van der Waals surface area contributed by atoms with Gasteiger partial charge in [0, 0.05) is 38.3 Å². The van der Waals surface area contributed by atoms with Crippen LogP contribution in [0, 0.1) is 10.1 Å². The Kier molecular flexibility index (Phi) is 7.58. The molecule has 152 valence electrons. The molecule has 0 spiro atoms. The monoisotopic (exact) mass is 398 g/mol. The van der Waals surface area contributed by atoms with Gasteiger partial charge in [-0.25, -0.2) is 8.42 Å². The van der Waals surface area contributed by atoms with Crippen LogP contribution >= 0.6 is 0 Å². The molecule has 1 fully saturated rings. The number of hydrogen-bond donors (Lipinski definition) is 1. The maximum Gasteiger partial charge on any atom is 0.293 e. The average Bonchev–Trinajstić information content (AvgIpc) is 2.64. The lowest BCUT2D eigenvalue weighted by Gasteiger charge is -2.33. The van der Waals surface area contributed by atoms with Crippen molar-refractivity contribution in [3.8, 4) is 0 Å². The molecule has 0 amide bonds. The van der Waals surface area contributed by atoms with Crippen LogP contribution in [0.1, 0.15) is 40.0 Å². The highest BCUT2D eigenvalue weighted by Gasteiger charge is 2.26. The number of sulfonamides is 1. The molecule has 9 heteroatoms. The van der Waals surface area contributed by atoms with Crippen LogP contribution in [0.25, 0.3) is 0 Å². The molecule has 1 N–H and O–H groups in total. The van der Waals surface area contributed by atoms with Crippen molar-refractivity contribution in [3.63, 3.8) is 0 Å². The van der Waals surface area contributed by atoms with Crippen LogP contribution in [-0.4, -0.2) is 61.3 Å². The molecule has 2 rings (SSSR count). The van der Waals surface area contributed by atoms with E-state index in [0.29, 0.717) is 31.4 Å². The van der Waals surface area contributed by atoms with Crippen molar-refractivity contribution in [2.75, 3.05) is 38.0 Å². The van der Waals surface area contributed by atoms with Crippen LogP contribution in [-0.2, 0) is 10.0 Å². The molecule has 1 aliphatic rings. The molecule has 1 saturated heterocycles. The molecule has 0 radical (unpaired) electrons. The molecule has 1 aliphatic heterocycles. The van der Waals surface area contributed by atoms with Gasteiger partial charge in [-0.15, -0.1) is 0 Å². The minimum absolute atomic E-state index is 0.0481. The highest BCUT2D eigenvalue weighted by molar-refractivity contribution is 7.89. The molecular formula is C18H30N4O4S. The zero-order valence-electron chi connectivity index (χ0n) is 16.3. The maximum absolute atomic E-state index is 12.6. The molecule has 0 unspecified atom stereocenters. The number of nitrogens with one attached hydrogen (secondary N) is 1. The molecule has 0 aromatic heterocycles. The molecule has 1 heterocycles. The van der Waals surface area contributed by atoms with Crippen LogP contribution in [0.15, 0.2) is 23.1 Å². The molecule has 1 aromatic carbocycles. The van der Waals surface area contributed by atoms with Crippen LogP contribution < -0.4 is 5.32 Å². The smallest absolute Gasteiger partial charge is 0.293 e. The molecule has 0 bridgehead atoms. The van der Waals surface area contributed by atoms with Gasteiger partial charge in [-0.2, -0.15) is 4.31 Å². The Bertz CT molecular complexity index is 750. The van der Waals surface area contributed by atoms with Gasteiger partial charge in [0.1, 0.15) is 5.69 Å². The van der Waals surface area contributed by atoms with Crippen LogP contribution in [0.3, 0.4) is 0 Å². The summed E-state index contributed by atoms with van der Waals surface area (Å²) in [6.07, 6.45) is 3.61. The highest BCUT2D eigenvalue weighted by atomic mass is 32.2. The second-order valence-electron chi connectivity index (χ2n) is 6.83. The molecule has 0 saturated carbocycles. The first-order chi connectivity index (χ1) is 12.8. The van der Waals surface area contributed by atoms with E-state index in [-0.39, 0.29) is 10.6 Å². The maximum atomic E-state index is 12.6. The summed E-state index contributed by atoms with van der Waals surface area (Å²) in [4.78, 5) is 13.3. The first kappa shape index (κ1) is 21.6. The van der Waals surface area contributed by atoms with E-state index in [1.165, 1.54) is 35.7 Å². The van der Waals surface area contributed by atoms with Gasteiger partial charge in [-0.3, -0.25) is 15.0 Å². The Hall–Kier alpha value is -1.71. The normalized spacial score (nSPS) is 18.6. The Morgan fingerprint density at radius 3 is 2.59 bits per heavy atom. The van der Waals surface area contributed by atoms with E-state index in [1.54, 1.807) is 13.8 Å². The lowest BCUT2D eigenvalue weighted by molar-refractivity contribution is -0.384. The first-order valence-electron chi connectivity index (χ1n) is 9.57. The van der Waals surface area contributed by atoms with Crippen molar-refractivity contribution >= 4 is 21.4 Å². The van der Waals surface area contributed by atoms with E-state index in [9.17, 15) is 18.5 Å². The molecule has 1 aromatic rings. The number of likely N-dealkylation sites (tertiary alicyclic amines) is 1. The second kappa shape index (κ2) is 9.48. The number of rotatable bonds is 9. The van der Waals surface area contributed by atoms with Crippen molar-refractivity contribution in [1.82, 2.24) is 9.21 Å². The van der Waals surface area contributed by atoms with Gasteiger partial charge in [-0.05, 0) is 38.4 Å². The van der Waals surface area contributed by atoms with Gasteiger partial charge in [0.25, 0.3) is 5.69 Å². The summed E-state index contributed by atoms with van der Waals surface area (Å²) in [5.41, 5.74) is 0.137. The van der Waals surface area contributed by atoms with E-state index in [4.69, 9.17) is 0 Å². The summed E-state index contributed by atoms with van der Waals surface area (Å²) >= 11 is 0. The molecule has 1 atom stereocenters. The van der Waals surface area contributed by atoms with Gasteiger partial charge < -0.3 is 5.32 Å². The fraction of sp³-hybridized carbons (Fsp3) is 0.667. The lowest BCUT2D eigenvalue weighted by atomic mass is 10.0. The van der Waals surface area contributed by atoms with Gasteiger partial charge in [0.05, 0.1) is 9.82 Å². The van der Waals surface area contributed by atoms with E-state index >= 15 is 0 Å². The lowest BCUT2D eigenvalue weighted by Crippen LogP contribution is -2.40. The largest absolute Gasteiger partial charge is 0.378 e. The van der Waals surface area contributed by atoms with E-state index < -0.39 is 14.9 Å². The molecule has 27 heavy (non-hydrogen) atoms. The topological polar surface area (TPSA) is 95.8 Å². The number of piperidine rings is 1. The van der Waals surface area contributed by atoms with Crippen molar-refractivity contribution < 1.29 is 13.3 Å². The fourth-order valence-electron chi connectivity index (χ4n) is 3.51. The number of nitro groups is 1. The van der Waals surface area contributed by atoms with Crippen molar-refractivity contribution in [2.24, 2.45) is 0 Å². The van der Waals surface area contributed by atoms with Gasteiger partial charge in [-0.1, -0.05) is 20.3 Å². The Balaban J connectivity index is 2.14. The number of nitro benzene ring substituents is 1. The fourth-order valence-corrected chi connectivity index (χ4v) is 4.99. The van der Waals surface area contributed by atoms with Crippen molar-refractivity contribution in [1.29, 1.82) is 0 Å². The predicted octanol–water partition coefficient (Wildman–Crippen LogP) is 2.91. The summed E-state index contributed by atoms with van der Waals surface area (Å²) in [6, 6.07) is 4.61. The summed E-state index contributed by atoms with van der Waals surface area (Å²) in [5, 5.41) is 14.6. The van der Waals surface area contributed by atoms with E-state index in [2.05, 4.69) is 17.1 Å². The van der Waals surface area contributed by atoms with E-state index in [0.717, 1.165) is 19.2 Å². The Morgan fingerprint density at radius 1 is 1.30 bits per heavy atom. The van der Waals surface area contributed by atoms with Gasteiger partial charge in [0.2, 0.25) is 10.0 Å². The zero-order chi connectivity index (χ0) is 20.0.